The van der Waals surface area contributed by atoms with Crippen molar-refractivity contribution in [3.8, 4) is 0 Å². The monoisotopic (exact) mass is 921 g/mol. The number of unbranched alkanes of at least 4 members (excludes halogenated alkanes) is 23. The SMILES string of the molecule is CC/C=C\C/C=C\C/C=C\CCCCCCCCCC(=O)OC1C(OCC(COC(=O)CCCCCCCCCCC)OC(=O)CCCCCCCCCCC)OC(C(=O)O)C(O)C1O. The van der Waals surface area contributed by atoms with E-state index in [4.69, 9.17) is 23.7 Å². The number of aliphatic carboxylic acids is 1. The van der Waals surface area contributed by atoms with Gasteiger partial charge in [-0.05, 0) is 51.4 Å². The average Bonchev–Trinajstić information content (AvgIpc) is 3.29. The van der Waals surface area contributed by atoms with Crippen LogP contribution in [0, 0.1) is 0 Å². The van der Waals surface area contributed by atoms with Crippen molar-refractivity contribution >= 4 is 23.9 Å². The van der Waals surface area contributed by atoms with Crippen molar-refractivity contribution < 1.29 is 58.2 Å². The van der Waals surface area contributed by atoms with Gasteiger partial charge in [0, 0.05) is 19.3 Å². The first-order chi connectivity index (χ1) is 31.6. The van der Waals surface area contributed by atoms with Gasteiger partial charge in [0.1, 0.15) is 18.8 Å². The highest BCUT2D eigenvalue weighted by Crippen LogP contribution is 2.26. The Hall–Kier alpha value is -3.06. The Bertz CT molecular complexity index is 1280. The van der Waals surface area contributed by atoms with Crippen LogP contribution in [0.1, 0.15) is 226 Å². The molecule has 12 heteroatoms. The standard InChI is InChI=1S/C53H92O12/c1-4-7-10-13-16-19-20-21-22-23-24-25-26-29-32-35-38-41-47(56)64-51-49(58)48(57)50(52(59)60)65-53(51)62-43-44(63-46(55)40-37-34-31-28-18-15-12-9-6-3)42-61-45(54)39-36-33-30-27-17-14-11-8-5-2/h7,10,16,19,21-22,44,48-51,53,57-58H,4-6,8-9,11-15,17-18,20,23-43H2,1-3H3,(H,59,60)/b10-7-,19-16-,22-21-. The Balaban J connectivity index is 2.69. The minimum Gasteiger partial charge on any atom is -0.479 e. The Labute approximate surface area is 393 Å². The number of hydrogen-bond donors (Lipinski definition) is 3. The van der Waals surface area contributed by atoms with Gasteiger partial charge in [-0.25, -0.2) is 4.79 Å². The third-order valence-corrected chi connectivity index (χ3v) is 11.7. The summed E-state index contributed by atoms with van der Waals surface area (Å²) in [5.74, 6) is -3.12. The number of carbonyl (C=O) groups excluding carboxylic acids is 3. The van der Waals surface area contributed by atoms with Gasteiger partial charge >= 0.3 is 23.9 Å². The maximum absolute atomic E-state index is 13.0. The first-order valence-electron chi connectivity index (χ1n) is 26.0. The van der Waals surface area contributed by atoms with Crippen molar-refractivity contribution in [3.05, 3.63) is 36.5 Å². The molecule has 0 radical (unpaired) electrons. The van der Waals surface area contributed by atoms with Crippen LogP contribution in [0.4, 0.5) is 0 Å². The summed E-state index contributed by atoms with van der Waals surface area (Å²) in [6, 6.07) is 0. The number of hydrogen-bond acceptors (Lipinski definition) is 11. The summed E-state index contributed by atoms with van der Waals surface area (Å²) < 4.78 is 28.2. The lowest BCUT2D eigenvalue weighted by Crippen LogP contribution is -2.61. The molecule has 12 nitrogen and oxygen atoms in total. The molecule has 65 heavy (non-hydrogen) atoms. The Morgan fingerprint density at radius 3 is 1.48 bits per heavy atom. The number of esters is 3. The smallest absolute Gasteiger partial charge is 0.335 e. The molecule has 0 aromatic carbocycles. The fraction of sp³-hybridized carbons (Fsp3) is 0.811. The van der Waals surface area contributed by atoms with E-state index in [1.807, 2.05) is 0 Å². The molecule has 3 N–H and O–H groups in total. The minimum absolute atomic E-state index is 0.0521. The number of rotatable bonds is 43. The van der Waals surface area contributed by atoms with E-state index in [1.54, 1.807) is 0 Å². The summed E-state index contributed by atoms with van der Waals surface area (Å²) in [4.78, 5) is 50.6. The van der Waals surface area contributed by atoms with Gasteiger partial charge in [-0.2, -0.15) is 0 Å². The van der Waals surface area contributed by atoms with E-state index in [0.717, 1.165) is 103 Å². The van der Waals surface area contributed by atoms with E-state index in [-0.39, 0.29) is 25.9 Å². The summed E-state index contributed by atoms with van der Waals surface area (Å²) in [6.07, 6.45) is 34.4. The number of aliphatic hydroxyl groups is 2. The molecule has 0 aromatic rings. The predicted octanol–water partition coefficient (Wildman–Crippen LogP) is 12.1. The molecule has 0 spiro atoms. The molecule has 1 heterocycles. The Morgan fingerprint density at radius 2 is 0.969 bits per heavy atom. The largest absolute Gasteiger partial charge is 0.479 e. The van der Waals surface area contributed by atoms with Gasteiger partial charge in [-0.1, -0.05) is 192 Å². The number of aliphatic hydroxyl groups excluding tert-OH is 2. The highest BCUT2D eigenvalue weighted by Gasteiger charge is 2.50. The number of carbonyl (C=O) groups is 4. The summed E-state index contributed by atoms with van der Waals surface area (Å²) in [5, 5.41) is 31.3. The molecule has 0 amide bonds. The van der Waals surface area contributed by atoms with Crippen LogP contribution >= 0.6 is 0 Å². The van der Waals surface area contributed by atoms with Crippen molar-refractivity contribution in [2.45, 2.75) is 263 Å². The van der Waals surface area contributed by atoms with Crippen LogP contribution in [0.3, 0.4) is 0 Å². The van der Waals surface area contributed by atoms with E-state index in [9.17, 15) is 34.5 Å². The zero-order chi connectivity index (χ0) is 47.6. The van der Waals surface area contributed by atoms with Crippen molar-refractivity contribution in [2.24, 2.45) is 0 Å². The molecule has 1 saturated heterocycles. The van der Waals surface area contributed by atoms with Gasteiger partial charge in [-0.15, -0.1) is 0 Å². The molecule has 1 fully saturated rings. The maximum Gasteiger partial charge on any atom is 0.335 e. The second-order valence-corrected chi connectivity index (χ2v) is 17.8. The van der Waals surface area contributed by atoms with Crippen LogP contribution in [-0.4, -0.2) is 89.2 Å². The van der Waals surface area contributed by atoms with Crippen LogP contribution in [0.5, 0.6) is 0 Å². The number of allylic oxidation sites excluding steroid dienone is 6. The Morgan fingerprint density at radius 1 is 0.523 bits per heavy atom. The zero-order valence-electron chi connectivity index (χ0n) is 41.0. The van der Waals surface area contributed by atoms with E-state index in [1.165, 1.54) is 64.2 Å². The van der Waals surface area contributed by atoms with Gasteiger partial charge in [0.05, 0.1) is 6.61 Å². The molecule has 6 unspecified atom stereocenters. The second-order valence-electron chi connectivity index (χ2n) is 17.8. The third kappa shape index (κ3) is 33.1. The van der Waals surface area contributed by atoms with Crippen molar-refractivity contribution in [1.29, 1.82) is 0 Å². The molecule has 0 aromatic heterocycles. The molecule has 1 aliphatic heterocycles. The second kappa shape index (κ2) is 42.3. The van der Waals surface area contributed by atoms with Gasteiger partial charge < -0.3 is 39.0 Å². The predicted molar refractivity (Wildman–Crippen MR) is 257 cm³/mol. The number of ether oxygens (including phenoxy) is 5. The topological polar surface area (TPSA) is 175 Å². The van der Waals surface area contributed by atoms with Crippen molar-refractivity contribution in [2.75, 3.05) is 13.2 Å². The van der Waals surface area contributed by atoms with Gasteiger partial charge in [-0.3, -0.25) is 14.4 Å². The summed E-state index contributed by atoms with van der Waals surface area (Å²) >= 11 is 0. The average molecular weight is 921 g/mol. The van der Waals surface area contributed by atoms with Crippen LogP contribution in [0.2, 0.25) is 0 Å². The Kier molecular flexibility index (Phi) is 39.0. The molecule has 0 bridgehead atoms. The molecular formula is C53H92O12. The van der Waals surface area contributed by atoms with E-state index >= 15 is 0 Å². The van der Waals surface area contributed by atoms with Gasteiger partial charge in [0.15, 0.2) is 24.6 Å². The first-order valence-corrected chi connectivity index (χ1v) is 26.0. The number of carboxylic acids is 1. The van der Waals surface area contributed by atoms with Gasteiger partial charge in [0.2, 0.25) is 0 Å². The molecule has 0 aliphatic carbocycles. The zero-order valence-corrected chi connectivity index (χ0v) is 41.0. The lowest BCUT2D eigenvalue weighted by molar-refractivity contribution is -0.301. The highest BCUT2D eigenvalue weighted by atomic mass is 16.7. The van der Waals surface area contributed by atoms with E-state index < -0.39 is 67.3 Å². The van der Waals surface area contributed by atoms with Crippen LogP contribution in [0.25, 0.3) is 0 Å². The van der Waals surface area contributed by atoms with Crippen LogP contribution in [0.15, 0.2) is 36.5 Å². The molecular weight excluding hydrogens is 829 g/mol. The lowest BCUT2D eigenvalue weighted by Gasteiger charge is -2.40. The number of carboxylic acid groups (broad SMARTS) is 1. The van der Waals surface area contributed by atoms with Crippen molar-refractivity contribution in [3.63, 3.8) is 0 Å². The quantitative estimate of drug-likeness (QED) is 0.0229. The minimum atomic E-state index is -1.90. The normalized spacial score (nSPS) is 19.3. The van der Waals surface area contributed by atoms with Crippen molar-refractivity contribution in [1.82, 2.24) is 0 Å². The summed E-state index contributed by atoms with van der Waals surface area (Å²) in [6.45, 7) is 5.81. The van der Waals surface area contributed by atoms with E-state index in [0.29, 0.717) is 19.3 Å². The van der Waals surface area contributed by atoms with Crippen LogP contribution < -0.4 is 0 Å². The fourth-order valence-corrected chi connectivity index (χ4v) is 7.73. The molecule has 1 aliphatic rings. The van der Waals surface area contributed by atoms with E-state index in [2.05, 4.69) is 57.2 Å². The van der Waals surface area contributed by atoms with Gasteiger partial charge in [0.25, 0.3) is 0 Å². The summed E-state index contributed by atoms with van der Waals surface area (Å²) in [7, 11) is 0. The van der Waals surface area contributed by atoms with Crippen LogP contribution in [-0.2, 0) is 42.9 Å². The highest BCUT2D eigenvalue weighted by molar-refractivity contribution is 5.74. The molecule has 1 rings (SSSR count). The lowest BCUT2D eigenvalue weighted by atomic mass is 9.98. The molecule has 0 saturated carbocycles. The molecule has 6 atom stereocenters. The maximum atomic E-state index is 13.0. The third-order valence-electron chi connectivity index (χ3n) is 11.7. The fourth-order valence-electron chi connectivity index (χ4n) is 7.73. The summed E-state index contributed by atoms with van der Waals surface area (Å²) in [5.41, 5.74) is 0. The molecule has 376 valence electrons. The first kappa shape index (κ1) is 60.0.